The SMILES string of the molecule is CCN(CC)c1nc(NN)nc(NC2CC(O)C2(C)C)n1. The Balaban J connectivity index is 2.21. The first kappa shape index (κ1) is 15.7. The molecule has 8 heteroatoms. The molecule has 0 bridgehead atoms. The maximum atomic E-state index is 9.81. The summed E-state index contributed by atoms with van der Waals surface area (Å²) in [5.74, 6) is 6.82. The fourth-order valence-corrected chi connectivity index (χ4v) is 2.44. The molecule has 0 spiro atoms. The number of hydrogen-bond donors (Lipinski definition) is 4. The number of nitrogen functional groups attached to an aromatic ring is 1. The third-order valence-electron chi connectivity index (χ3n) is 4.32. The van der Waals surface area contributed by atoms with Crippen LogP contribution in [0.4, 0.5) is 17.8 Å². The average Bonchev–Trinajstić information content (AvgIpc) is 2.48. The predicted octanol–water partition coefficient (Wildman–Crippen LogP) is 0.575. The van der Waals surface area contributed by atoms with Gasteiger partial charge in [0.1, 0.15) is 0 Å². The minimum absolute atomic E-state index is 0.130. The highest BCUT2D eigenvalue weighted by atomic mass is 16.3. The van der Waals surface area contributed by atoms with Crippen molar-refractivity contribution in [3.05, 3.63) is 0 Å². The molecule has 8 nitrogen and oxygen atoms in total. The largest absolute Gasteiger partial charge is 0.392 e. The van der Waals surface area contributed by atoms with Crippen molar-refractivity contribution >= 4 is 17.8 Å². The maximum Gasteiger partial charge on any atom is 0.243 e. The molecule has 2 rings (SSSR count). The zero-order chi connectivity index (χ0) is 15.6. The van der Waals surface area contributed by atoms with E-state index in [1.807, 2.05) is 32.6 Å². The fourth-order valence-electron chi connectivity index (χ4n) is 2.44. The number of hydrogen-bond acceptors (Lipinski definition) is 8. The molecular weight excluding hydrogens is 270 g/mol. The molecule has 2 unspecified atom stereocenters. The van der Waals surface area contributed by atoms with Crippen LogP contribution in [0, 0.1) is 5.41 Å². The van der Waals surface area contributed by atoms with E-state index in [1.54, 1.807) is 0 Å². The third-order valence-corrected chi connectivity index (χ3v) is 4.32. The van der Waals surface area contributed by atoms with Gasteiger partial charge in [0.2, 0.25) is 17.8 Å². The van der Waals surface area contributed by atoms with Gasteiger partial charge in [-0.3, -0.25) is 5.43 Å². The number of nitrogens with one attached hydrogen (secondary N) is 2. The van der Waals surface area contributed by atoms with Gasteiger partial charge in [-0.1, -0.05) is 13.8 Å². The van der Waals surface area contributed by atoms with Gasteiger partial charge in [-0.05, 0) is 20.3 Å². The first-order valence-corrected chi connectivity index (χ1v) is 7.34. The molecule has 0 radical (unpaired) electrons. The van der Waals surface area contributed by atoms with Crippen LogP contribution in [0.3, 0.4) is 0 Å². The van der Waals surface area contributed by atoms with Crippen molar-refractivity contribution in [1.82, 2.24) is 15.0 Å². The maximum absolute atomic E-state index is 9.81. The summed E-state index contributed by atoms with van der Waals surface area (Å²) in [7, 11) is 0. The van der Waals surface area contributed by atoms with Crippen LogP contribution in [-0.2, 0) is 0 Å². The predicted molar refractivity (Wildman–Crippen MR) is 83.0 cm³/mol. The van der Waals surface area contributed by atoms with Gasteiger partial charge in [0.05, 0.1) is 6.10 Å². The fraction of sp³-hybridized carbons (Fsp3) is 0.769. The van der Waals surface area contributed by atoms with Crippen LogP contribution >= 0.6 is 0 Å². The van der Waals surface area contributed by atoms with Gasteiger partial charge in [0.25, 0.3) is 0 Å². The van der Waals surface area contributed by atoms with Gasteiger partial charge in [0, 0.05) is 24.5 Å². The molecule has 1 aromatic heterocycles. The van der Waals surface area contributed by atoms with E-state index in [1.165, 1.54) is 0 Å². The normalized spacial score (nSPS) is 23.3. The van der Waals surface area contributed by atoms with Crippen LogP contribution in [0.15, 0.2) is 0 Å². The summed E-state index contributed by atoms with van der Waals surface area (Å²) < 4.78 is 0. The number of aromatic nitrogens is 3. The van der Waals surface area contributed by atoms with E-state index >= 15 is 0 Å². The highest BCUT2D eigenvalue weighted by Gasteiger charge is 2.47. The Labute approximate surface area is 125 Å². The molecule has 0 saturated heterocycles. The number of nitrogens with two attached hydrogens (primary N) is 1. The minimum Gasteiger partial charge on any atom is -0.392 e. The summed E-state index contributed by atoms with van der Waals surface area (Å²) in [5, 5.41) is 13.1. The third kappa shape index (κ3) is 3.01. The van der Waals surface area contributed by atoms with Gasteiger partial charge in [-0.2, -0.15) is 15.0 Å². The molecule has 2 atom stereocenters. The lowest BCUT2D eigenvalue weighted by Crippen LogP contribution is -2.57. The molecule has 1 aromatic rings. The summed E-state index contributed by atoms with van der Waals surface area (Å²) in [6.45, 7) is 9.73. The van der Waals surface area contributed by atoms with Crippen LogP contribution < -0.4 is 21.5 Å². The van der Waals surface area contributed by atoms with E-state index in [4.69, 9.17) is 5.84 Å². The van der Waals surface area contributed by atoms with Gasteiger partial charge >= 0.3 is 0 Å². The Morgan fingerprint density at radius 2 is 1.86 bits per heavy atom. The molecule has 1 fully saturated rings. The van der Waals surface area contributed by atoms with Crippen LogP contribution in [-0.4, -0.2) is 45.3 Å². The van der Waals surface area contributed by atoms with Gasteiger partial charge < -0.3 is 15.3 Å². The summed E-state index contributed by atoms with van der Waals surface area (Å²) in [5.41, 5.74) is 2.28. The van der Waals surface area contributed by atoms with E-state index in [0.29, 0.717) is 24.3 Å². The zero-order valence-corrected chi connectivity index (χ0v) is 13.1. The van der Waals surface area contributed by atoms with E-state index in [-0.39, 0.29) is 17.6 Å². The molecule has 0 aromatic carbocycles. The van der Waals surface area contributed by atoms with Crippen molar-refractivity contribution < 1.29 is 5.11 Å². The first-order valence-electron chi connectivity index (χ1n) is 7.34. The van der Waals surface area contributed by atoms with Gasteiger partial charge in [-0.25, -0.2) is 5.84 Å². The highest BCUT2D eigenvalue weighted by Crippen LogP contribution is 2.41. The molecule has 0 amide bonds. The average molecular weight is 295 g/mol. The number of nitrogens with zero attached hydrogens (tertiary/aromatic N) is 4. The van der Waals surface area contributed by atoms with Crippen LogP contribution in [0.2, 0.25) is 0 Å². The Kier molecular flexibility index (Phi) is 4.48. The second-order valence-electron chi connectivity index (χ2n) is 5.87. The minimum atomic E-state index is -0.300. The molecule has 21 heavy (non-hydrogen) atoms. The van der Waals surface area contributed by atoms with Crippen molar-refractivity contribution in [1.29, 1.82) is 0 Å². The van der Waals surface area contributed by atoms with Crippen molar-refractivity contribution in [2.24, 2.45) is 11.3 Å². The summed E-state index contributed by atoms with van der Waals surface area (Å²) in [4.78, 5) is 15.0. The number of rotatable bonds is 6. The first-order chi connectivity index (χ1) is 9.92. The standard InChI is InChI=1S/C13H25N7O/c1-5-20(6-2)12-17-10(16-11(18-12)19-14)15-8-7-9(21)13(8,3)4/h8-9,21H,5-7,14H2,1-4H3,(H2,15,16,17,18,19). The van der Waals surface area contributed by atoms with E-state index in [2.05, 4.69) is 25.7 Å². The van der Waals surface area contributed by atoms with Gasteiger partial charge in [0.15, 0.2) is 0 Å². The van der Waals surface area contributed by atoms with Crippen molar-refractivity contribution in [2.75, 3.05) is 28.7 Å². The van der Waals surface area contributed by atoms with Crippen molar-refractivity contribution in [3.63, 3.8) is 0 Å². The molecule has 118 valence electrons. The zero-order valence-electron chi connectivity index (χ0n) is 13.1. The van der Waals surface area contributed by atoms with Crippen molar-refractivity contribution in [3.8, 4) is 0 Å². The highest BCUT2D eigenvalue weighted by molar-refractivity contribution is 5.44. The molecule has 0 aliphatic heterocycles. The van der Waals surface area contributed by atoms with Gasteiger partial charge in [-0.15, -0.1) is 0 Å². The van der Waals surface area contributed by atoms with Crippen LogP contribution in [0.5, 0.6) is 0 Å². The van der Waals surface area contributed by atoms with E-state index in [9.17, 15) is 5.11 Å². The Morgan fingerprint density at radius 1 is 1.24 bits per heavy atom. The molecule has 5 N–H and O–H groups in total. The Morgan fingerprint density at radius 3 is 2.33 bits per heavy atom. The quantitative estimate of drug-likeness (QED) is 0.445. The van der Waals surface area contributed by atoms with Crippen LogP contribution in [0.1, 0.15) is 34.1 Å². The summed E-state index contributed by atoms with van der Waals surface area (Å²) in [6, 6.07) is 0.130. The molecule has 1 saturated carbocycles. The molecular formula is C13H25N7O. The summed E-state index contributed by atoms with van der Waals surface area (Å²) >= 11 is 0. The van der Waals surface area contributed by atoms with Crippen molar-refractivity contribution in [2.45, 2.75) is 46.3 Å². The van der Waals surface area contributed by atoms with E-state index in [0.717, 1.165) is 13.1 Å². The lowest BCUT2D eigenvalue weighted by molar-refractivity contribution is -0.0512. The number of aliphatic hydroxyl groups is 1. The smallest absolute Gasteiger partial charge is 0.243 e. The topological polar surface area (TPSA) is 112 Å². The summed E-state index contributed by atoms with van der Waals surface area (Å²) in [6.07, 6.45) is 0.385. The Hall–Kier alpha value is -1.67. The number of hydrazine groups is 1. The van der Waals surface area contributed by atoms with E-state index < -0.39 is 0 Å². The van der Waals surface area contributed by atoms with Crippen LogP contribution in [0.25, 0.3) is 0 Å². The molecule has 1 aliphatic carbocycles. The molecule has 1 heterocycles. The Bertz CT molecular complexity index is 489. The lowest BCUT2D eigenvalue weighted by atomic mass is 9.65. The second kappa shape index (κ2) is 5.98. The monoisotopic (exact) mass is 295 g/mol. The second-order valence-corrected chi connectivity index (χ2v) is 5.87. The lowest BCUT2D eigenvalue weighted by Gasteiger charge is -2.49. The number of anilines is 3. The number of aliphatic hydroxyl groups excluding tert-OH is 1. The molecule has 1 aliphatic rings.